The van der Waals surface area contributed by atoms with Crippen LogP contribution in [0.4, 0.5) is 0 Å². The molecule has 0 aliphatic carbocycles. The lowest BCUT2D eigenvalue weighted by molar-refractivity contribution is 0.236. The third-order valence-corrected chi connectivity index (χ3v) is 3.30. The summed E-state index contributed by atoms with van der Waals surface area (Å²) >= 11 is 11.9. The molecule has 0 amide bonds. The molecule has 0 saturated heterocycles. The molecule has 2 N–H and O–H groups in total. The lowest BCUT2D eigenvalue weighted by atomic mass is 9.88. The van der Waals surface area contributed by atoms with Crippen molar-refractivity contribution in [3.05, 3.63) is 33.8 Å². The fourth-order valence-electron chi connectivity index (χ4n) is 1.90. The zero-order valence-electron chi connectivity index (χ0n) is 11.0. The van der Waals surface area contributed by atoms with Crippen molar-refractivity contribution < 1.29 is 5.11 Å². The van der Waals surface area contributed by atoms with Gasteiger partial charge in [0.05, 0.1) is 0 Å². The Bertz CT molecular complexity index is 360. The van der Waals surface area contributed by atoms with Gasteiger partial charge in [-0.2, -0.15) is 0 Å². The van der Waals surface area contributed by atoms with E-state index in [1.165, 1.54) is 0 Å². The number of rotatable bonds is 7. The van der Waals surface area contributed by atoms with E-state index in [1.807, 2.05) is 12.1 Å². The molecule has 0 saturated carbocycles. The van der Waals surface area contributed by atoms with Gasteiger partial charge >= 0.3 is 0 Å². The Balaban J connectivity index is 2.41. The second-order valence-corrected chi connectivity index (χ2v) is 6.25. The van der Waals surface area contributed by atoms with E-state index in [4.69, 9.17) is 28.3 Å². The van der Waals surface area contributed by atoms with E-state index in [1.54, 1.807) is 6.07 Å². The van der Waals surface area contributed by atoms with Gasteiger partial charge in [0.25, 0.3) is 0 Å². The minimum absolute atomic E-state index is 0.186. The van der Waals surface area contributed by atoms with Gasteiger partial charge in [0.15, 0.2) is 0 Å². The number of aliphatic hydroxyl groups is 1. The van der Waals surface area contributed by atoms with E-state index < -0.39 is 0 Å². The van der Waals surface area contributed by atoms with E-state index in [-0.39, 0.29) is 12.0 Å². The molecular weight excluding hydrogens is 269 g/mol. The van der Waals surface area contributed by atoms with Crippen molar-refractivity contribution in [2.45, 2.75) is 33.2 Å². The van der Waals surface area contributed by atoms with E-state index in [0.29, 0.717) is 10.0 Å². The van der Waals surface area contributed by atoms with Crippen molar-refractivity contribution >= 4 is 23.2 Å². The molecule has 4 heteroatoms. The quantitative estimate of drug-likeness (QED) is 0.798. The number of nitrogens with one attached hydrogen (secondary N) is 1. The summed E-state index contributed by atoms with van der Waals surface area (Å²) in [5.41, 5.74) is 1.27. The molecule has 18 heavy (non-hydrogen) atoms. The van der Waals surface area contributed by atoms with Crippen LogP contribution in [-0.4, -0.2) is 18.3 Å². The summed E-state index contributed by atoms with van der Waals surface area (Å²) in [7, 11) is 0. The molecule has 1 aromatic rings. The summed E-state index contributed by atoms with van der Waals surface area (Å²) in [5, 5.41) is 13.6. The zero-order valence-corrected chi connectivity index (χ0v) is 12.5. The van der Waals surface area contributed by atoms with Crippen LogP contribution in [0.2, 0.25) is 10.0 Å². The Hall–Kier alpha value is -0.280. The van der Waals surface area contributed by atoms with Crippen molar-refractivity contribution in [2.24, 2.45) is 5.41 Å². The molecular formula is C14H21Cl2NO. The van der Waals surface area contributed by atoms with Gasteiger partial charge in [0, 0.05) is 29.7 Å². The highest BCUT2D eigenvalue weighted by atomic mass is 35.5. The van der Waals surface area contributed by atoms with Gasteiger partial charge in [0.2, 0.25) is 0 Å². The Morgan fingerprint density at radius 3 is 2.33 bits per heavy atom. The molecule has 0 atom stereocenters. The third kappa shape index (κ3) is 6.05. The van der Waals surface area contributed by atoms with Gasteiger partial charge in [-0.05, 0) is 42.0 Å². The molecule has 0 aliphatic rings. The molecule has 0 fully saturated rings. The molecule has 0 unspecified atom stereocenters. The SMILES string of the molecule is CC(C)(CCCO)CNCc1cc(Cl)cc(Cl)c1. The molecule has 0 aliphatic heterocycles. The van der Waals surface area contributed by atoms with Gasteiger partial charge in [-0.1, -0.05) is 37.0 Å². The first-order valence-corrected chi connectivity index (χ1v) is 6.95. The fourth-order valence-corrected chi connectivity index (χ4v) is 2.48. The Kier molecular flexibility index (Phi) is 6.44. The maximum Gasteiger partial charge on any atom is 0.0431 e. The molecule has 0 heterocycles. The van der Waals surface area contributed by atoms with E-state index >= 15 is 0 Å². The first-order valence-electron chi connectivity index (χ1n) is 6.19. The summed E-state index contributed by atoms with van der Waals surface area (Å²) in [6.45, 7) is 6.30. The second-order valence-electron chi connectivity index (χ2n) is 5.37. The lowest BCUT2D eigenvalue weighted by Gasteiger charge is -2.24. The molecule has 0 radical (unpaired) electrons. The highest BCUT2D eigenvalue weighted by Crippen LogP contribution is 2.22. The molecule has 0 bridgehead atoms. The molecule has 0 spiro atoms. The lowest BCUT2D eigenvalue weighted by Crippen LogP contribution is -2.29. The maximum absolute atomic E-state index is 8.84. The highest BCUT2D eigenvalue weighted by Gasteiger charge is 2.16. The van der Waals surface area contributed by atoms with Crippen LogP contribution in [0.5, 0.6) is 0 Å². The predicted molar refractivity (Wildman–Crippen MR) is 78.3 cm³/mol. The smallest absolute Gasteiger partial charge is 0.0431 e. The average molecular weight is 290 g/mol. The van der Waals surface area contributed by atoms with Gasteiger partial charge in [-0.15, -0.1) is 0 Å². The topological polar surface area (TPSA) is 32.3 Å². The molecule has 102 valence electrons. The Morgan fingerprint density at radius 1 is 1.17 bits per heavy atom. The minimum atomic E-state index is 0.186. The van der Waals surface area contributed by atoms with Crippen LogP contribution in [0.25, 0.3) is 0 Å². The maximum atomic E-state index is 8.84. The summed E-state index contributed by atoms with van der Waals surface area (Å²) in [5.74, 6) is 0. The highest BCUT2D eigenvalue weighted by molar-refractivity contribution is 6.34. The van der Waals surface area contributed by atoms with E-state index in [9.17, 15) is 0 Å². The Labute approximate surface area is 119 Å². The van der Waals surface area contributed by atoms with Crippen molar-refractivity contribution in [1.29, 1.82) is 0 Å². The van der Waals surface area contributed by atoms with Crippen LogP contribution >= 0.6 is 23.2 Å². The van der Waals surface area contributed by atoms with E-state index in [2.05, 4.69) is 19.2 Å². The second kappa shape index (κ2) is 7.34. The van der Waals surface area contributed by atoms with Crippen LogP contribution in [0.15, 0.2) is 18.2 Å². The first kappa shape index (κ1) is 15.8. The number of aliphatic hydroxyl groups excluding tert-OH is 1. The number of hydrogen-bond acceptors (Lipinski definition) is 2. The average Bonchev–Trinajstić information content (AvgIpc) is 2.25. The van der Waals surface area contributed by atoms with Gasteiger partial charge in [0.1, 0.15) is 0 Å². The molecule has 1 rings (SSSR count). The summed E-state index contributed by atoms with van der Waals surface area (Å²) in [6, 6.07) is 5.57. The minimum Gasteiger partial charge on any atom is -0.396 e. The van der Waals surface area contributed by atoms with Crippen LogP contribution in [0.1, 0.15) is 32.3 Å². The Morgan fingerprint density at radius 2 is 1.78 bits per heavy atom. The van der Waals surface area contributed by atoms with Crippen molar-refractivity contribution in [2.75, 3.05) is 13.2 Å². The fraction of sp³-hybridized carbons (Fsp3) is 0.571. The van der Waals surface area contributed by atoms with Crippen molar-refractivity contribution in [1.82, 2.24) is 5.32 Å². The van der Waals surface area contributed by atoms with Gasteiger partial charge in [-0.25, -0.2) is 0 Å². The van der Waals surface area contributed by atoms with Gasteiger partial charge in [-0.3, -0.25) is 0 Å². The normalized spacial score (nSPS) is 11.8. The summed E-state index contributed by atoms with van der Waals surface area (Å²) < 4.78 is 0. The first-order chi connectivity index (χ1) is 8.43. The van der Waals surface area contributed by atoms with Crippen LogP contribution in [0.3, 0.4) is 0 Å². The number of halogens is 2. The van der Waals surface area contributed by atoms with Crippen LogP contribution < -0.4 is 5.32 Å². The molecule has 2 nitrogen and oxygen atoms in total. The summed E-state index contributed by atoms with van der Waals surface area (Å²) in [4.78, 5) is 0. The van der Waals surface area contributed by atoms with Gasteiger partial charge < -0.3 is 10.4 Å². The standard InChI is InChI=1S/C14H21Cl2NO/c1-14(2,4-3-5-18)10-17-9-11-6-12(15)8-13(16)7-11/h6-8,17-18H,3-5,9-10H2,1-2H3. The monoisotopic (exact) mass is 289 g/mol. The van der Waals surface area contributed by atoms with Crippen molar-refractivity contribution in [3.8, 4) is 0 Å². The molecule has 1 aromatic carbocycles. The largest absolute Gasteiger partial charge is 0.396 e. The van der Waals surface area contributed by atoms with Crippen LogP contribution in [-0.2, 0) is 6.54 Å². The van der Waals surface area contributed by atoms with E-state index in [0.717, 1.165) is 31.5 Å². The number of hydrogen-bond donors (Lipinski definition) is 2. The van der Waals surface area contributed by atoms with Crippen molar-refractivity contribution in [3.63, 3.8) is 0 Å². The van der Waals surface area contributed by atoms with Crippen LogP contribution in [0, 0.1) is 5.41 Å². The predicted octanol–water partition coefficient (Wildman–Crippen LogP) is 3.88. The summed E-state index contributed by atoms with van der Waals surface area (Å²) in [6.07, 6.45) is 1.85. The third-order valence-electron chi connectivity index (χ3n) is 2.87. The molecule has 0 aromatic heterocycles. The zero-order chi connectivity index (χ0) is 13.6. The number of benzene rings is 1.